The second-order valence-electron chi connectivity index (χ2n) is 7.09. The maximum atomic E-state index is 12.6. The summed E-state index contributed by atoms with van der Waals surface area (Å²) in [5.74, 6) is 0.343. The number of hydrogen-bond donors (Lipinski definition) is 1. The van der Waals surface area contributed by atoms with E-state index in [1.807, 2.05) is 37.3 Å². The molecule has 1 N–H and O–H groups in total. The third kappa shape index (κ3) is 2.69. The number of sulfone groups is 1. The highest BCUT2D eigenvalue weighted by Crippen LogP contribution is 2.60. The van der Waals surface area contributed by atoms with Crippen LogP contribution in [0.15, 0.2) is 30.3 Å². The maximum absolute atomic E-state index is 12.6. The smallest absolute Gasteiger partial charge is 0.228 e. The van der Waals surface area contributed by atoms with Crippen molar-refractivity contribution in [3.8, 4) is 0 Å². The van der Waals surface area contributed by atoms with Crippen molar-refractivity contribution >= 4 is 32.3 Å². The quantitative estimate of drug-likeness (QED) is 0.909. The van der Waals surface area contributed by atoms with Gasteiger partial charge in [-0.3, -0.25) is 9.78 Å². The molecule has 4 rings (SSSR count). The molecule has 24 heavy (non-hydrogen) atoms. The summed E-state index contributed by atoms with van der Waals surface area (Å²) in [5, 5.41) is 4.01. The van der Waals surface area contributed by atoms with Gasteiger partial charge in [0.15, 0.2) is 0 Å². The lowest BCUT2D eigenvalue weighted by atomic mass is 9.96. The molecule has 2 aliphatic rings. The number of nitrogens with zero attached hydrogens (tertiary/aromatic N) is 1. The van der Waals surface area contributed by atoms with Crippen LogP contribution in [0.25, 0.3) is 10.9 Å². The zero-order valence-electron chi connectivity index (χ0n) is 13.6. The molecular weight excluding hydrogens is 324 g/mol. The number of fused-ring (bicyclic) bond motifs is 1. The minimum Gasteiger partial charge on any atom is -0.324 e. The van der Waals surface area contributed by atoms with Crippen LogP contribution in [0.1, 0.15) is 25.0 Å². The summed E-state index contributed by atoms with van der Waals surface area (Å²) in [6, 6.07) is 9.70. The number of aryl methyl sites for hydroxylation is 1. The zero-order valence-corrected chi connectivity index (χ0v) is 14.4. The second-order valence-corrected chi connectivity index (χ2v) is 9.39. The largest absolute Gasteiger partial charge is 0.324 e. The molecule has 0 bridgehead atoms. The summed E-state index contributed by atoms with van der Waals surface area (Å²) >= 11 is 0. The molecule has 2 heterocycles. The number of benzene rings is 1. The number of carbonyl (C=O) groups is 1. The molecule has 1 aliphatic carbocycles. The van der Waals surface area contributed by atoms with E-state index in [2.05, 4.69) is 10.3 Å². The van der Waals surface area contributed by atoms with E-state index in [4.69, 9.17) is 0 Å². The Morgan fingerprint density at radius 2 is 1.96 bits per heavy atom. The van der Waals surface area contributed by atoms with Gasteiger partial charge in [-0.15, -0.1) is 0 Å². The van der Waals surface area contributed by atoms with E-state index in [0.29, 0.717) is 12.8 Å². The lowest BCUT2D eigenvalue weighted by molar-refractivity contribution is -0.118. The zero-order chi connectivity index (χ0) is 16.9. The number of para-hydroxylation sites is 1. The molecule has 126 valence electrons. The first kappa shape index (κ1) is 15.6. The molecule has 1 unspecified atom stereocenters. The van der Waals surface area contributed by atoms with Crippen LogP contribution in [-0.2, 0) is 14.6 Å². The fourth-order valence-electron chi connectivity index (χ4n) is 3.78. The van der Waals surface area contributed by atoms with E-state index in [9.17, 15) is 13.2 Å². The highest BCUT2D eigenvalue weighted by atomic mass is 32.2. The van der Waals surface area contributed by atoms with E-state index in [0.717, 1.165) is 28.7 Å². The van der Waals surface area contributed by atoms with E-state index in [1.54, 1.807) is 0 Å². The van der Waals surface area contributed by atoms with Gasteiger partial charge in [0.1, 0.15) is 9.84 Å². The van der Waals surface area contributed by atoms with Gasteiger partial charge in [-0.05, 0) is 43.7 Å². The second kappa shape index (κ2) is 5.28. The molecule has 1 spiro atoms. The lowest BCUT2D eigenvalue weighted by Crippen LogP contribution is -2.28. The monoisotopic (exact) mass is 344 g/mol. The lowest BCUT2D eigenvalue weighted by Gasteiger charge is -2.22. The predicted molar refractivity (Wildman–Crippen MR) is 93.5 cm³/mol. The molecule has 1 amide bonds. The molecule has 2 aromatic rings. The first-order valence-corrected chi connectivity index (χ1v) is 10.1. The SMILES string of the molecule is Cc1ccc2cccc(NC(=O)C3CC34CCS(=O)(=O)CC4)c2n1. The van der Waals surface area contributed by atoms with Crippen molar-refractivity contribution in [3.05, 3.63) is 36.0 Å². The fraction of sp³-hybridized carbons (Fsp3) is 0.444. The molecule has 1 aliphatic heterocycles. The summed E-state index contributed by atoms with van der Waals surface area (Å²) in [5.41, 5.74) is 2.34. The number of anilines is 1. The van der Waals surface area contributed by atoms with Crippen LogP contribution >= 0.6 is 0 Å². The van der Waals surface area contributed by atoms with Gasteiger partial charge in [0.05, 0.1) is 22.7 Å². The van der Waals surface area contributed by atoms with Crippen molar-refractivity contribution in [2.75, 3.05) is 16.8 Å². The van der Waals surface area contributed by atoms with Crippen LogP contribution in [-0.4, -0.2) is 30.8 Å². The van der Waals surface area contributed by atoms with Gasteiger partial charge in [-0.2, -0.15) is 0 Å². The summed E-state index contributed by atoms with van der Waals surface area (Å²) < 4.78 is 23.2. The van der Waals surface area contributed by atoms with Crippen LogP contribution in [0, 0.1) is 18.3 Å². The number of amides is 1. The van der Waals surface area contributed by atoms with Gasteiger partial charge in [-0.25, -0.2) is 8.42 Å². The molecule has 1 saturated carbocycles. The molecule has 1 saturated heterocycles. The van der Waals surface area contributed by atoms with E-state index < -0.39 is 9.84 Å². The molecule has 5 nitrogen and oxygen atoms in total. The Labute approximate surface area is 141 Å². The minimum atomic E-state index is -2.90. The summed E-state index contributed by atoms with van der Waals surface area (Å²) in [7, 11) is -2.90. The van der Waals surface area contributed by atoms with Crippen LogP contribution in [0.4, 0.5) is 5.69 Å². The van der Waals surface area contributed by atoms with Gasteiger partial charge >= 0.3 is 0 Å². The number of pyridine rings is 1. The Morgan fingerprint density at radius 1 is 1.21 bits per heavy atom. The number of hydrogen-bond acceptors (Lipinski definition) is 4. The standard InChI is InChI=1S/C18H20N2O3S/c1-12-5-6-13-3-2-4-15(16(13)19-12)20-17(21)14-11-18(14)7-9-24(22,23)10-8-18/h2-6,14H,7-11H2,1H3,(H,20,21). The van der Waals surface area contributed by atoms with E-state index in [1.165, 1.54) is 0 Å². The van der Waals surface area contributed by atoms with Crippen molar-refractivity contribution in [2.45, 2.75) is 26.2 Å². The van der Waals surface area contributed by atoms with Crippen molar-refractivity contribution in [2.24, 2.45) is 11.3 Å². The highest BCUT2D eigenvalue weighted by molar-refractivity contribution is 7.91. The van der Waals surface area contributed by atoms with Gasteiger partial charge in [0.2, 0.25) is 5.91 Å². The van der Waals surface area contributed by atoms with Crippen LogP contribution < -0.4 is 5.32 Å². The van der Waals surface area contributed by atoms with Crippen molar-refractivity contribution in [1.29, 1.82) is 0 Å². The normalized spacial score (nSPS) is 24.0. The molecule has 6 heteroatoms. The van der Waals surface area contributed by atoms with E-state index >= 15 is 0 Å². The van der Waals surface area contributed by atoms with Crippen LogP contribution in [0.3, 0.4) is 0 Å². The highest BCUT2D eigenvalue weighted by Gasteiger charge is 2.59. The Morgan fingerprint density at radius 3 is 2.71 bits per heavy atom. The topological polar surface area (TPSA) is 76.1 Å². The van der Waals surface area contributed by atoms with Crippen molar-refractivity contribution in [1.82, 2.24) is 4.98 Å². The average molecular weight is 344 g/mol. The molecule has 0 radical (unpaired) electrons. The number of nitrogens with one attached hydrogen (secondary N) is 1. The van der Waals surface area contributed by atoms with Gasteiger partial charge in [0, 0.05) is 17.0 Å². The fourth-order valence-corrected chi connectivity index (χ4v) is 5.42. The first-order valence-electron chi connectivity index (χ1n) is 8.26. The molecule has 1 aromatic carbocycles. The third-order valence-corrected chi connectivity index (χ3v) is 7.10. The number of carbonyl (C=O) groups excluding carboxylic acids is 1. The summed E-state index contributed by atoms with van der Waals surface area (Å²) in [6.45, 7) is 1.93. The Hall–Kier alpha value is -1.95. The average Bonchev–Trinajstić information content (AvgIpc) is 3.26. The Balaban J connectivity index is 1.53. The van der Waals surface area contributed by atoms with Gasteiger partial charge in [-0.1, -0.05) is 18.2 Å². The first-order chi connectivity index (χ1) is 11.4. The van der Waals surface area contributed by atoms with Gasteiger partial charge < -0.3 is 5.32 Å². The third-order valence-electron chi connectivity index (χ3n) is 5.45. The molecule has 1 aromatic heterocycles. The van der Waals surface area contributed by atoms with Crippen molar-refractivity contribution < 1.29 is 13.2 Å². The predicted octanol–water partition coefficient (Wildman–Crippen LogP) is 2.70. The molecule has 1 atom stereocenters. The summed E-state index contributed by atoms with van der Waals surface area (Å²) in [6.07, 6.45) is 2.02. The van der Waals surface area contributed by atoms with Crippen molar-refractivity contribution in [3.63, 3.8) is 0 Å². The van der Waals surface area contributed by atoms with Crippen LogP contribution in [0.2, 0.25) is 0 Å². The van der Waals surface area contributed by atoms with E-state index in [-0.39, 0.29) is 28.7 Å². The molecule has 2 fully saturated rings. The Bertz CT molecular complexity index is 922. The molecular formula is C18H20N2O3S. The minimum absolute atomic E-state index is 0.00916. The maximum Gasteiger partial charge on any atom is 0.228 e. The van der Waals surface area contributed by atoms with Crippen LogP contribution in [0.5, 0.6) is 0 Å². The Kier molecular flexibility index (Phi) is 3.42. The summed E-state index contributed by atoms with van der Waals surface area (Å²) in [4.78, 5) is 17.2. The van der Waals surface area contributed by atoms with Gasteiger partial charge in [0.25, 0.3) is 0 Å². The number of aromatic nitrogens is 1. The number of rotatable bonds is 2.